The molecule has 1 aliphatic heterocycles. The molecule has 0 amide bonds. The number of hydrogen-bond donors (Lipinski definition) is 2. The first-order valence-corrected chi connectivity index (χ1v) is 6.76. The molecule has 0 bridgehead atoms. The number of nitrogens with zero attached hydrogens (tertiary/aromatic N) is 4. The summed E-state index contributed by atoms with van der Waals surface area (Å²) in [6.07, 6.45) is 1.82. The second-order valence-electron chi connectivity index (χ2n) is 4.38. The van der Waals surface area contributed by atoms with E-state index in [2.05, 4.69) is 32.1 Å². The molecule has 0 unspecified atom stereocenters. The van der Waals surface area contributed by atoms with Gasteiger partial charge in [0.05, 0.1) is 19.8 Å². The molecule has 1 saturated heterocycles. The second-order valence-corrected chi connectivity index (χ2v) is 4.38. The summed E-state index contributed by atoms with van der Waals surface area (Å²) in [6, 6.07) is 0. The van der Waals surface area contributed by atoms with Crippen molar-refractivity contribution in [2.45, 2.75) is 19.8 Å². The van der Waals surface area contributed by atoms with Crippen LogP contribution in [0.25, 0.3) is 0 Å². The van der Waals surface area contributed by atoms with Crippen molar-refractivity contribution in [1.29, 1.82) is 0 Å². The molecule has 2 heterocycles. The Kier molecular flexibility index (Phi) is 5.29. The lowest BCUT2D eigenvalue weighted by Crippen LogP contribution is -2.37. The van der Waals surface area contributed by atoms with Crippen molar-refractivity contribution < 1.29 is 9.84 Å². The number of hydrogen-bond acceptors (Lipinski definition) is 7. The molecule has 2 N–H and O–H groups in total. The van der Waals surface area contributed by atoms with Crippen LogP contribution >= 0.6 is 0 Å². The first kappa shape index (κ1) is 14.0. The maximum absolute atomic E-state index is 8.86. The van der Waals surface area contributed by atoms with Crippen molar-refractivity contribution in [2.24, 2.45) is 0 Å². The Labute approximate surface area is 113 Å². The van der Waals surface area contributed by atoms with E-state index < -0.39 is 0 Å². The van der Waals surface area contributed by atoms with Crippen molar-refractivity contribution in [3.8, 4) is 0 Å². The molecule has 0 aromatic carbocycles. The quantitative estimate of drug-likeness (QED) is 0.754. The van der Waals surface area contributed by atoms with Gasteiger partial charge in [-0.15, -0.1) is 0 Å². The summed E-state index contributed by atoms with van der Waals surface area (Å²) in [5, 5.41) is 11.9. The van der Waals surface area contributed by atoms with Crippen LogP contribution in [0.1, 0.15) is 19.2 Å². The number of morpholine rings is 1. The minimum absolute atomic E-state index is 0.0572. The number of nitrogens with one attached hydrogen (secondary N) is 1. The van der Waals surface area contributed by atoms with E-state index in [9.17, 15) is 0 Å². The molecule has 1 fully saturated rings. The topological polar surface area (TPSA) is 83.4 Å². The summed E-state index contributed by atoms with van der Waals surface area (Å²) in [7, 11) is 0. The van der Waals surface area contributed by atoms with E-state index in [1.54, 1.807) is 0 Å². The Balaban J connectivity index is 2.17. The van der Waals surface area contributed by atoms with Gasteiger partial charge in [0.1, 0.15) is 5.82 Å². The molecule has 1 aromatic rings. The standard InChI is InChI=1S/C12H21N5O2/c1-2-3-10-14-11(13-4-7-18)16-12(15-10)17-5-8-19-9-6-17/h18H,2-9H2,1H3,(H,13,14,15,16). The molecule has 19 heavy (non-hydrogen) atoms. The van der Waals surface area contributed by atoms with Gasteiger partial charge in [-0.1, -0.05) is 6.92 Å². The predicted molar refractivity (Wildman–Crippen MR) is 72.4 cm³/mol. The zero-order chi connectivity index (χ0) is 13.5. The zero-order valence-corrected chi connectivity index (χ0v) is 11.3. The van der Waals surface area contributed by atoms with E-state index in [1.807, 2.05) is 0 Å². The molecule has 1 aromatic heterocycles. The largest absolute Gasteiger partial charge is 0.395 e. The maximum Gasteiger partial charge on any atom is 0.230 e. The average molecular weight is 267 g/mol. The van der Waals surface area contributed by atoms with Crippen molar-refractivity contribution >= 4 is 11.9 Å². The maximum atomic E-state index is 8.86. The third-order valence-electron chi connectivity index (χ3n) is 2.83. The Morgan fingerprint density at radius 2 is 2.05 bits per heavy atom. The molecule has 0 aliphatic carbocycles. The first-order chi connectivity index (χ1) is 9.33. The van der Waals surface area contributed by atoms with Gasteiger partial charge < -0.3 is 20.1 Å². The molecule has 2 rings (SSSR count). The summed E-state index contributed by atoms with van der Waals surface area (Å²) in [5.41, 5.74) is 0. The van der Waals surface area contributed by atoms with Crippen LogP contribution in [0.5, 0.6) is 0 Å². The highest BCUT2D eigenvalue weighted by atomic mass is 16.5. The molecule has 7 nitrogen and oxygen atoms in total. The smallest absolute Gasteiger partial charge is 0.230 e. The van der Waals surface area contributed by atoms with Crippen LogP contribution in [-0.4, -0.2) is 59.5 Å². The van der Waals surface area contributed by atoms with Gasteiger partial charge in [-0.05, 0) is 6.42 Å². The minimum Gasteiger partial charge on any atom is -0.395 e. The Hall–Kier alpha value is -1.47. The highest BCUT2D eigenvalue weighted by Crippen LogP contribution is 2.13. The fraction of sp³-hybridized carbons (Fsp3) is 0.750. The third-order valence-corrected chi connectivity index (χ3v) is 2.83. The number of aromatic nitrogens is 3. The Morgan fingerprint density at radius 3 is 2.74 bits per heavy atom. The van der Waals surface area contributed by atoms with E-state index in [-0.39, 0.29) is 6.61 Å². The number of anilines is 2. The third kappa shape index (κ3) is 4.00. The van der Waals surface area contributed by atoms with Crippen molar-refractivity contribution in [2.75, 3.05) is 49.7 Å². The fourth-order valence-electron chi connectivity index (χ4n) is 1.89. The van der Waals surface area contributed by atoms with E-state index in [1.165, 1.54) is 0 Å². The van der Waals surface area contributed by atoms with Gasteiger partial charge in [-0.25, -0.2) is 0 Å². The summed E-state index contributed by atoms with van der Waals surface area (Å²) in [6.45, 7) is 5.60. The highest BCUT2D eigenvalue weighted by Gasteiger charge is 2.16. The molecule has 0 atom stereocenters. The highest BCUT2D eigenvalue weighted by molar-refractivity contribution is 5.37. The van der Waals surface area contributed by atoms with Crippen molar-refractivity contribution in [3.05, 3.63) is 5.82 Å². The van der Waals surface area contributed by atoms with Gasteiger partial charge in [0.2, 0.25) is 11.9 Å². The SMILES string of the molecule is CCCc1nc(NCCO)nc(N2CCOCC2)n1. The van der Waals surface area contributed by atoms with Crippen LogP contribution in [0.3, 0.4) is 0 Å². The van der Waals surface area contributed by atoms with Crippen LogP contribution in [0, 0.1) is 0 Å². The van der Waals surface area contributed by atoms with Gasteiger partial charge in [-0.2, -0.15) is 15.0 Å². The van der Waals surface area contributed by atoms with Crippen LogP contribution in [0.15, 0.2) is 0 Å². The summed E-state index contributed by atoms with van der Waals surface area (Å²) in [4.78, 5) is 15.4. The lowest BCUT2D eigenvalue weighted by atomic mass is 10.3. The zero-order valence-electron chi connectivity index (χ0n) is 11.3. The monoisotopic (exact) mass is 267 g/mol. The number of aliphatic hydroxyl groups is 1. The Morgan fingerprint density at radius 1 is 1.26 bits per heavy atom. The average Bonchev–Trinajstić information content (AvgIpc) is 2.46. The Bertz CT molecular complexity index is 396. The van der Waals surface area contributed by atoms with Crippen LogP contribution in [0.2, 0.25) is 0 Å². The molecule has 106 valence electrons. The van der Waals surface area contributed by atoms with Gasteiger partial charge in [-0.3, -0.25) is 0 Å². The second kappa shape index (κ2) is 7.20. The molecule has 0 saturated carbocycles. The van der Waals surface area contributed by atoms with E-state index in [0.717, 1.165) is 31.8 Å². The van der Waals surface area contributed by atoms with E-state index >= 15 is 0 Å². The van der Waals surface area contributed by atoms with E-state index in [4.69, 9.17) is 9.84 Å². The number of rotatable bonds is 6. The molecule has 1 aliphatic rings. The summed E-state index contributed by atoms with van der Waals surface area (Å²) >= 11 is 0. The number of ether oxygens (including phenoxy) is 1. The van der Waals surface area contributed by atoms with Crippen LogP contribution in [0.4, 0.5) is 11.9 Å². The van der Waals surface area contributed by atoms with Crippen molar-refractivity contribution in [3.63, 3.8) is 0 Å². The summed E-state index contributed by atoms with van der Waals surface area (Å²) < 4.78 is 5.33. The predicted octanol–water partition coefficient (Wildman–Crippen LogP) is 0.0649. The van der Waals surface area contributed by atoms with E-state index in [0.29, 0.717) is 31.7 Å². The van der Waals surface area contributed by atoms with Crippen LogP contribution < -0.4 is 10.2 Å². The van der Waals surface area contributed by atoms with Gasteiger partial charge in [0.25, 0.3) is 0 Å². The lowest BCUT2D eigenvalue weighted by Gasteiger charge is -2.27. The number of aliphatic hydroxyl groups excluding tert-OH is 1. The fourth-order valence-corrected chi connectivity index (χ4v) is 1.89. The van der Waals surface area contributed by atoms with Gasteiger partial charge >= 0.3 is 0 Å². The molecule has 0 radical (unpaired) electrons. The lowest BCUT2D eigenvalue weighted by molar-refractivity contribution is 0.122. The molecular formula is C12H21N5O2. The number of aryl methyl sites for hydroxylation is 1. The van der Waals surface area contributed by atoms with Gasteiger partial charge in [0.15, 0.2) is 0 Å². The van der Waals surface area contributed by atoms with Crippen molar-refractivity contribution in [1.82, 2.24) is 15.0 Å². The summed E-state index contributed by atoms with van der Waals surface area (Å²) in [5.74, 6) is 2.02. The molecule has 7 heteroatoms. The molecule has 0 spiro atoms. The minimum atomic E-state index is 0.0572. The molecular weight excluding hydrogens is 246 g/mol. The first-order valence-electron chi connectivity index (χ1n) is 6.76. The normalized spacial score (nSPS) is 15.6. The van der Waals surface area contributed by atoms with Gasteiger partial charge in [0, 0.05) is 26.1 Å². The van der Waals surface area contributed by atoms with Crippen LogP contribution in [-0.2, 0) is 11.2 Å².